The molecule has 2 aromatic rings. The summed E-state index contributed by atoms with van der Waals surface area (Å²) in [6, 6.07) is 7.27. The first-order valence-electron chi connectivity index (χ1n) is 9.82. The van der Waals surface area contributed by atoms with Crippen molar-refractivity contribution < 1.29 is 18.5 Å². The summed E-state index contributed by atoms with van der Waals surface area (Å²) in [5.41, 5.74) is 2.33. The minimum absolute atomic E-state index is 0.160. The van der Waals surface area contributed by atoms with Gasteiger partial charge in [0.1, 0.15) is 18.5 Å². The van der Waals surface area contributed by atoms with Crippen LogP contribution in [0.1, 0.15) is 48.0 Å². The maximum absolute atomic E-state index is 7.07. The van der Waals surface area contributed by atoms with E-state index in [1.54, 1.807) is 14.2 Å². The molecule has 0 radical (unpaired) electrons. The van der Waals surface area contributed by atoms with E-state index in [9.17, 15) is 0 Å². The average Bonchev–Trinajstić information content (AvgIpc) is 2.97. The van der Waals surface area contributed by atoms with Crippen LogP contribution in [0.3, 0.4) is 0 Å². The molecule has 1 aromatic heterocycles. The lowest BCUT2D eigenvalue weighted by molar-refractivity contribution is -0.682. The zero-order valence-corrected chi connectivity index (χ0v) is 21.7. The van der Waals surface area contributed by atoms with E-state index >= 15 is 0 Å². The molecule has 1 atom stereocenters. The van der Waals surface area contributed by atoms with Crippen LogP contribution in [0.25, 0.3) is 0 Å². The Morgan fingerprint density at radius 1 is 1.07 bits per heavy atom. The van der Waals surface area contributed by atoms with Crippen LogP contribution in [0.15, 0.2) is 16.6 Å². The van der Waals surface area contributed by atoms with E-state index in [0.29, 0.717) is 0 Å². The number of hydrogen-bond donors (Lipinski definition) is 0. The van der Waals surface area contributed by atoms with E-state index in [0.717, 1.165) is 39.7 Å². The molecule has 7 heteroatoms. The molecule has 0 N–H and O–H groups in total. The van der Waals surface area contributed by atoms with Crippen molar-refractivity contribution in [3.63, 3.8) is 0 Å². The van der Waals surface area contributed by atoms with Gasteiger partial charge in [-0.2, -0.15) is 4.57 Å². The van der Waals surface area contributed by atoms with Gasteiger partial charge in [-0.15, -0.1) is 0 Å². The van der Waals surface area contributed by atoms with Crippen molar-refractivity contribution >= 4 is 35.6 Å². The number of rotatable bonds is 9. The molecular formula is C21H33BrNO3SSi+. The first kappa shape index (κ1) is 23.4. The second-order valence-corrected chi connectivity index (χ2v) is 13.9. The largest absolute Gasteiger partial charge is 0.497 e. The van der Waals surface area contributed by atoms with Crippen LogP contribution in [0, 0.1) is 13.8 Å². The minimum Gasteiger partial charge on any atom is -0.497 e. The number of ether oxygens (including phenoxy) is 2. The Morgan fingerprint density at radius 3 is 2.11 bits per heavy atom. The molecule has 0 bridgehead atoms. The number of aromatic nitrogens is 1. The van der Waals surface area contributed by atoms with E-state index in [2.05, 4.69) is 68.2 Å². The Morgan fingerprint density at radius 2 is 1.68 bits per heavy atom. The molecule has 28 heavy (non-hydrogen) atoms. The second kappa shape index (κ2) is 9.74. The standard InChI is InChI=1S/C21H33BrNO3SSi/c1-9-28(10-2,11-3)26-20(21-23(6)14(4)15(5)27-21)17-12-16(24-7)13-18(25-8)19(17)22/h12-13,20H,9-11H2,1-8H3/q+1. The van der Waals surface area contributed by atoms with Gasteiger partial charge < -0.3 is 13.9 Å². The average molecular weight is 488 g/mol. The Kier molecular flexibility index (Phi) is 8.13. The van der Waals surface area contributed by atoms with Crippen molar-refractivity contribution in [2.24, 2.45) is 7.05 Å². The van der Waals surface area contributed by atoms with Gasteiger partial charge in [0, 0.05) is 18.6 Å². The van der Waals surface area contributed by atoms with Gasteiger partial charge in [-0.1, -0.05) is 32.1 Å². The fourth-order valence-electron chi connectivity index (χ4n) is 3.48. The monoisotopic (exact) mass is 486 g/mol. The predicted octanol–water partition coefficient (Wildman–Crippen LogP) is 6.08. The van der Waals surface area contributed by atoms with Crippen LogP contribution in [0.2, 0.25) is 18.1 Å². The number of methoxy groups -OCH3 is 2. The zero-order valence-electron chi connectivity index (χ0n) is 18.3. The highest BCUT2D eigenvalue weighted by Gasteiger charge is 2.39. The van der Waals surface area contributed by atoms with Gasteiger partial charge in [-0.05, 0) is 47.1 Å². The van der Waals surface area contributed by atoms with Gasteiger partial charge in [0.15, 0.2) is 20.1 Å². The SMILES string of the molecule is CC[Si](CC)(CC)OC(c1cc(OC)cc(OC)c1Br)c1sc(C)c(C)[n+]1C. The van der Waals surface area contributed by atoms with Crippen LogP contribution in [0.4, 0.5) is 0 Å². The van der Waals surface area contributed by atoms with Gasteiger partial charge in [-0.25, -0.2) is 0 Å². The molecule has 0 aliphatic rings. The van der Waals surface area contributed by atoms with E-state index in [4.69, 9.17) is 13.9 Å². The molecule has 0 saturated heterocycles. The van der Waals surface area contributed by atoms with Gasteiger partial charge in [-0.3, -0.25) is 0 Å². The van der Waals surface area contributed by atoms with Crippen LogP contribution in [0.5, 0.6) is 11.5 Å². The highest BCUT2D eigenvalue weighted by molar-refractivity contribution is 9.10. The minimum atomic E-state index is -1.86. The van der Waals surface area contributed by atoms with Crippen molar-refractivity contribution in [3.05, 3.63) is 37.7 Å². The quantitative estimate of drug-likeness (QED) is 0.317. The van der Waals surface area contributed by atoms with Crippen LogP contribution >= 0.6 is 27.3 Å². The summed E-state index contributed by atoms with van der Waals surface area (Å²) >= 11 is 5.59. The topological polar surface area (TPSA) is 31.6 Å². The van der Waals surface area contributed by atoms with E-state index in [1.165, 1.54) is 15.6 Å². The molecule has 156 valence electrons. The lowest BCUT2D eigenvalue weighted by atomic mass is 10.1. The molecule has 0 spiro atoms. The van der Waals surface area contributed by atoms with Crippen molar-refractivity contribution in [1.29, 1.82) is 0 Å². The Labute approximate surface area is 183 Å². The second-order valence-electron chi connectivity index (χ2n) is 7.12. The fraction of sp³-hybridized carbons (Fsp3) is 0.571. The van der Waals surface area contributed by atoms with Crippen molar-refractivity contribution in [3.8, 4) is 11.5 Å². The van der Waals surface area contributed by atoms with Gasteiger partial charge in [0.2, 0.25) is 0 Å². The molecular weight excluding hydrogens is 454 g/mol. The van der Waals surface area contributed by atoms with Gasteiger partial charge in [0.25, 0.3) is 5.01 Å². The third-order valence-electron chi connectivity index (χ3n) is 5.90. The summed E-state index contributed by atoms with van der Waals surface area (Å²) in [4.78, 5) is 1.31. The van der Waals surface area contributed by atoms with Gasteiger partial charge in [0.05, 0.1) is 23.6 Å². The normalized spacial score (nSPS) is 12.9. The number of nitrogens with zero attached hydrogens (tertiary/aromatic N) is 1. The number of halogens is 1. The number of aryl methyl sites for hydroxylation is 1. The first-order valence-corrected chi connectivity index (χ1v) is 14.0. The van der Waals surface area contributed by atoms with Crippen molar-refractivity contribution in [2.45, 2.75) is 58.9 Å². The summed E-state index contributed by atoms with van der Waals surface area (Å²) < 4.78 is 21.4. The summed E-state index contributed by atoms with van der Waals surface area (Å²) in [5.74, 6) is 1.53. The van der Waals surface area contributed by atoms with Gasteiger partial charge >= 0.3 is 0 Å². The van der Waals surface area contributed by atoms with E-state index in [-0.39, 0.29) is 6.10 Å². The molecule has 0 fully saturated rings. The van der Waals surface area contributed by atoms with Crippen LogP contribution in [-0.4, -0.2) is 22.5 Å². The molecule has 4 nitrogen and oxygen atoms in total. The molecule has 0 aliphatic heterocycles. The zero-order chi connectivity index (χ0) is 21.1. The number of thiazole rings is 1. The van der Waals surface area contributed by atoms with E-state index in [1.807, 2.05) is 17.4 Å². The Balaban J connectivity index is 2.73. The first-order chi connectivity index (χ1) is 13.3. The van der Waals surface area contributed by atoms with E-state index < -0.39 is 8.32 Å². The molecule has 0 amide bonds. The highest BCUT2D eigenvalue weighted by Crippen LogP contribution is 2.43. The molecule has 1 aromatic carbocycles. The molecule has 0 saturated carbocycles. The van der Waals surface area contributed by atoms with Crippen molar-refractivity contribution in [2.75, 3.05) is 14.2 Å². The fourth-order valence-corrected chi connectivity index (χ4v) is 8.05. The highest BCUT2D eigenvalue weighted by atomic mass is 79.9. The maximum atomic E-state index is 7.07. The van der Waals surface area contributed by atoms with Crippen LogP contribution in [-0.2, 0) is 11.5 Å². The van der Waals surface area contributed by atoms with Crippen molar-refractivity contribution in [1.82, 2.24) is 0 Å². The third-order valence-corrected chi connectivity index (χ3v) is 12.7. The lowest BCUT2D eigenvalue weighted by Crippen LogP contribution is -2.42. The predicted molar refractivity (Wildman–Crippen MR) is 122 cm³/mol. The summed E-state index contributed by atoms with van der Waals surface area (Å²) in [5, 5.41) is 1.21. The number of benzene rings is 1. The third kappa shape index (κ3) is 4.47. The molecule has 0 aliphatic carbocycles. The molecule has 1 heterocycles. The maximum Gasteiger partial charge on any atom is 0.270 e. The number of hydrogen-bond acceptors (Lipinski definition) is 4. The summed E-state index contributed by atoms with van der Waals surface area (Å²) in [7, 11) is 3.63. The summed E-state index contributed by atoms with van der Waals surface area (Å²) in [6.07, 6.45) is -0.160. The Bertz CT molecular complexity index is 812. The lowest BCUT2D eigenvalue weighted by Gasteiger charge is -2.32. The smallest absolute Gasteiger partial charge is 0.270 e. The van der Waals surface area contributed by atoms with Crippen LogP contribution < -0.4 is 14.0 Å². The molecule has 2 rings (SSSR count). The molecule has 1 unspecified atom stereocenters. The summed E-state index contributed by atoms with van der Waals surface area (Å²) in [6.45, 7) is 11.1. The Hall–Kier alpha value is -0.893.